The highest BCUT2D eigenvalue weighted by Crippen LogP contribution is 2.50. The molecule has 3 heteroatoms. The standard InChI is InChI=1S/C46H25NOS/c1-2-9-30-29(8-1)34-13-7-12-33-28(18-19-35(30)46(33)34)26-16-20-44-38(22-26)39-23-27(17-21-45(39)49-44)47-40-14-5-3-10-31(40)36-25-43-37(24-41(36)47)32-11-4-6-15-42(32)48-43/h1-25H. The number of fused-ring (bicyclic) bond motifs is 12. The third-order valence-electron chi connectivity index (χ3n) is 10.7. The summed E-state index contributed by atoms with van der Waals surface area (Å²) in [6.45, 7) is 0. The van der Waals surface area contributed by atoms with Crippen molar-refractivity contribution in [2.45, 2.75) is 0 Å². The van der Waals surface area contributed by atoms with Crippen molar-refractivity contribution in [1.29, 1.82) is 0 Å². The normalized spacial score (nSPS) is 12.5. The molecule has 11 aromatic rings. The topological polar surface area (TPSA) is 18.1 Å². The molecule has 0 fully saturated rings. The van der Waals surface area contributed by atoms with Gasteiger partial charge >= 0.3 is 0 Å². The Morgan fingerprint density at radius 3 is 1.98 bits per heavy atom. The van der Waals surface area contributed by atoms with Gasteiger partial charge in [0.05, 0.1) is 11.0 Å². The second-order valence-electron chi connectivity index (χ2n) is 13.2. The van der Waals surface area contributed by atoms with Crippen LogP contribution in [0.5, 0.6) is 0 Å². The molecule has 0 amide bonds. The van der Waals surface area contributed by atoms with Crippen LogP contribution in [0.1, 0.15) is 0 Å². The molecule has 0 radical (unpaired) electrons. The Morgan fingerprint density at radius 1 is 0.388 bits per heavy atom. The van der Waals surface area contributed by atoms with Crippen molar-refractivity contribution in [3.63, 3.8) is 0 Å². The fraction of sp³-hybridized carbons (Fsp3) is 0. The van der Waals surface area contributed by atoms with Gasteiger partial charge in [-0.1, -0.05) is 97.1 Å². The maximum atomic E-state index is 6.32. The van der Waals surface area contributed by atoms with Gasteiger partial charge < -0.3 is 8.98 Å². The molecule has 2 nitrogen and oxygen atoms in total. The van der Waals surface area contributed by atoms with E-state index in [0.717, 1.165) is 21.9 Å². The lowest BCUT2D eigenvalue weighted by Crippen LogP contribution is -1.93. The van der Waals surface area contributed by atoms with Gasteiger partial charge in [-0.2, -0.15) is 0 Å². The third-order valence-corrected chi connectivity index (χ3v) is 11.9. The van der Waals surface area contributed by atoms with Gasteiger partial charge in [0.25, 0.3) is 0 Å². The fourth-order valence-corrected chi connectivity index (χ4v) is 9.66. The summed E-state index contributed by atoms with van der Waals surface area (Å²) in [6, 6.07) is 55.8. The molecule has 12 rings (SSSR count). The summed E-state index contributed by atoms with van der Waals surface area (Å²) >= 11 is 1.87. The van der Waals surface area contributed by atoms with Crippen LogP contribution in [0.4, 0.5) is 0 Å². The van der Waals surface area contributed by atoms with Crippen LogP contribution < -0.4 is 0 Å². The van der Waals surface area contributed by atoms with Crippen molar-refractivity contribution in [1.82, 2.24) is 4.57 Å². The maximum absolute atomic E-state index is 6.32. The van der Waals surface area contributed by atoms with E-state index in [1.807, 2.05) is 17.4 Å². The highest BCUT2D eigenvalue weighted by atomic mass is 32.1. The van der Waals surface area contributed by atoms with Crippen molar-refractivity contribution in [3.05, 3.63) is 152 Å². The van der Waals surface area contributed by atoms with Gasteiger partial charge in [0.1, 0.15) is 11.2 Å². The lowest BCUT2D eigenvalue weighted by Gasteiger charge is -2.10. The van der Waals surface area contributed by atoms with Gasteiger partial charge in [0.2, 0.25) is 0 Å². The van der Waals surface area contributed by atoms with E-state index in [1.165, 1.54) is 91.8 Å². The first-order valence-electron chi connectivity index (χ1n) is 16.8. The van der Waals surface area contributed by atoms with Crippen LogP contribution in [0, 0.1) is 0 Å². The molecule has 0 saturated carbocycles. The zero-order valence-electron chi connectivity index (χ0n) is 26.2. The van der Waals surface area contributed by atoms with Gasteiger partial charge in [-0.15, -0.1) is 11.3 Å². The van der Waals surface area contributed by atoms with Crippen LogP contribution >= 0.6 is 11.3 Å². The fourth-order valence-electron chi connectivity index (χ4n) is 8.60. The predicted molar refractivity (Wildman–Crippen MR) is 208 cm³/mol. The van der Waals surface area contributed by atoms with Crippen molar-refractivity contribution >= 4 is 86.0 Å². The van der Waals surface area contributed by atoms with E-state index in [1.54, 1.807) is 0 Å². The molecule has 1 aliphatic carbocycles. The quantitative estimate of drug-likeness (QED) is 0.184. The molecule has 0 saturated heterocycles. The van der Waals surface area contributed by atoms with Gasteiger partial charge in [0.15, 0.2) is 0 Å². The zero-order valence-corrected chi connectivity index (χ0v) is 27.0. The second-order valence-corrected chi connectivity index (χ2v) is 14.3. The van der Waals surface area contributed by atoms with Crippen molar-refractivity contribution in [2.75, 3.05) is 0 Å². The number of hydrogen-bond acceptors (Lipinski definition) is 2. The predicted octanol–water partition coefficient (Wildman–Crippen LogP) is 13.5. The largest absolute Gasteiger partial charge is 0.456 e. The summed E-state index contributed by atoms with van der Waals surface area (Å²) in [7, 11) is 0. The first-order valence-corrected chi connectivity index (χ1v) is 17.6. The molecule has 226 valence electrons. The monoisotopic (exact) mass is 639 g/mol. The minimum atomic E-state index is 0.924. The van der Waals surface area contributed by atoms with Crippen molar-refractivity contribution in [3.8, 4) is 39.1 Å². The molecule has 0 atom stereocenters. The average molecular weight is 640 g/mol. The molecule has 1 aliphatic rings. The summed E-state index contributed by atoms with van der Waals surface area (Å²) < 4.78 is 11.4. The van der Waals surface area contributed by atoms with Crippen LogP contribution in [0.15, 0.2) is 156 Å². The highest BCUT2D eigenvalue weighted by Gasteiger charge is 2.23. The van der Waals surface area contributed by atoms with Crippen LogP contribution in [-0.2, 0) is 0 Å². The number of benzene rings is 8. The lowest BCUT2D eigenvalue weighted by atomic mass is 9.93. The Kier molecular flexibility index (Phi) is 4.89. The molecule has 49 heavy (non-hydrogen) atoms. The van der Waals surface area contributed by atoms with E-state index < -0.39 is 0 Å². The van der Waals surface area contributed by atoms with Gasteiger partial charge in [-0.05, 0) is 98.8 Å². The van der Waals surface area contributed by atoms with E-state index in [4.69, 9.17) is 4.42 Å². The minimum Gasteiger partial charge on any atom is -0.456 e. The molecule has 8 aromatic carbocycles. The van der Waals surface area contributed by atoms with Crippen LogP contribution in [0.2, 0.25) is 0 Å². The summed E-state index contributed by atoms with van der Waals surface area (Å²) in [6.07, 6.45) is 0. The second kappa shape index (κ2) is 9.25. The number of rotatable bonds is 2. The molecule has 0 bridgehead atoms. The summed E-state index contributed by atoms with van der Waals surface area (Å²) in [5.74, 6) is 0. The van der Waals surface area contributed by atoms with E-state index in [2.05, 4.69) is 150 Å². The highest BCUT2D eigenvalue weighted by molar-refractivity contribution is 7.25. The van der Waals surface area contributed by atoms with Crippen LogP contribution in [0.3, 0.4) is 0 Å². The smallest absolute Gasteiger partial charge is 0.136 e. The molecule has 0 aliphatic heterocycles. The van der Waals surface area contributed by atoms with Gasteiger partial charge in [-0.25, -0.2) is 0 Å². The van der Waals surface area contributed by atoms with Crippen LogP contribution in [-0.4, -0.2) is 4.57 Å². The maximum Gasteiger partial charge on any atom is 0.136 e. The third kappa shape index (κ3) is 3.40. The number of thiophene rings is 1. The molecule has 0 N–H and O–H groups in total. The van der Waals surface area contributed by atoms with Crippen molar-refractivity contribution < 1.29 is 4.42 Å². The number of furan rings is 1. The Bertz CT molecular complexity index is 3200. The van der Waals surface area contributed by atoms with E-state index in [9.17, 15) is 0 Å². The molecular weight excluding hydrogens is 615 g/mol. The summed E-state index contributed by atoms with van der Waals surface area (Å²) in [5, 5.41) is 10.00. The van der Waals surface area contributed by atoms with E-state index >= 15 is 0 Å². The van der Waals surface area contributed by atoms with Gasteiger partial charge in [-0.3, -0.25) is 0 Å². The van der Waals surface area contributed by atoms with E-state index in [-0.39, 0.29) is 0 Å². The Hall–Kier alpha value is -6.16. The number of nitrogens with zero attached hydrogens (tertiary/aromatic N) is 1. The number of aromatic nitrogens is 1. The average Bonchev–Trinajstić information content (AvgIpc) is 3.89. The molecule has 3 aromatic heterocycles. The SMILES string of the molecule is c1ccc2c(c1)-c1cccc3c(-c4ccc5sc6ccc(-n7c8ccccc8c8cc9oc%10ccccc%10c9cc87)cc6c5c4)ccc-2c13. The number of hydrogen-bond donors (Lipinski definition) is 0. The van der Waals surface area contributed by atoms with Crippen LogP contribution in [0.25, 0.3) is 114 Å². The van der Waals surface area contributed by atoms with Crippen molar-refractivity contribution in [2.24, 2.45) is 0 Å². The molecular formula is C46H25NOS. The molecule has 0 spiro atoms. The summed E-state index contributed by atoms with van der Waals surface area (Å²) in [4.78, 5) is 0. The minimum absolute atomic E-state index is 0.924. The number of para-hydroxylation sites is 2. The van der Waals surface area contributed by atoms with E-state index in [0.29, 0.717) is 0 Å². The first-order chi connectivity index (χ1) is 24.3. The van der Waals surface area contributed by atoms with Gasteiger partial charge in [0, 0.05) is 47.4 Å². The Balaban J connectivity index is 1.09. The Morgan fingerprint density at radius 2 is 1.08 bits per heavy atom. The molecule has 3 heterocycles. The molecule has 0 unspecified atom stereocenters. The Labute approximate surface area is 284 Å². The zero-order chi connectivity index (χ0) is 31.8. The lowest BCUT2D eigenvalue weighted by molar-refractivity contribution is 0.669. The first kappa shape index (κ1) is 25.9. The summed E-state index contributed by atoms with van der Waals surface area (Å²) in [5.41, 5.74) is 13.3.